The highest BCUT2D eigenvalue weighted by atomic mass is 32.2. The predicted octanol–water partition coefficient (Wildman–Crippen LogP) is 2.75. The molecule has 0 spiro atoms. The molecule has 0 atom stereocenters. The zero-order valence-corrected chi connectivity index (χ0v) is 15.7. The van der Waals surface area contributed by atoms with Gasteiger partial charge in [0.25, 0.3) is 11.1 Å². The zero-order valence-electron chi connectivity index (χ0n) is 14.8. The molecule has 27 heavy (non-hydrogen) atoms. The molecule has 0 bridgehead atoms. The van der Waals surface area contributed by atoms with Gasteiger partial charge in [-0.1, -0.05) is 18.1 Å². The van der Waals surface area contributed by atoms with Gasteiger partial charge < -0.3 is 9.64 Å². The number of amides is 3. The Kier molecular flexibility index (Phi) is 6.20. The molecular formula is C20H20N2O4S. The fourth-order valence-electron chi connectivity index (χ4n) is 2.95. The highest BCUT2D eigenvalue weighted by Gasteiger charge is 2.37. The highest BCUT2D eigenvalue weighted by Crippen LogP contribution is 2.32. The minimum Gasteiger partial charge on any atom is -0.481 e. The fourth-order valence-corrected chi connectivity index (χ4v) is 3.79. The van der Waals surface area contributed by atoms with Crippen LogP contribution in [0.3, 0.4) is 0 Å². The van der Waals surface area contributed by atoms with Crippen molar-refractivity contribution >= 4 is 34.9 Å². The van der Waals surface area contributed by atoms with Crippen LogP contribution in [0.1, 0.15) is 24.8 Å². The summed E-state index contributed by atoms with van der Waals surface area (Å²) in [7, 11) is 0. The lowest BCUT2D eigenvalue weighted by Crippen LogP contribution is -2.44. The van der Waals surface area contributed by atoms with Crippen molar-refractivity contribution in [3.05, 3.63) is 34.7 Å². The van der Waals surface area contributed by atoms with Gasteiger partial charge in [0.05, 0.1) is 4.91 Å². The number of ether oxygens (including phenoxy) is 1. The number of hydrogen-bond donors (Lipinski definition) is 0. The maximum absolute atomic E-state index is 12.5. The van der Waals surface area contributed by atoms with Crippen molar-refractivity contribution in [2.75, 3.05) is 26.2 Å². The molecule has 0 unspecified atom stereocenters. The molecule has 6 nitrogen and oxygen atoms in total. The molecule has 140 valence electrons. The molecule has 0 radical (unpaired) electrons. The van der Waals surface area contributed by atoms with Gasteiger partial charge in [-0.15, -0.1) is 6.42 Å². The summed E-state index contributed by atoms with van der Waals surface area (Å²) in [5.41, 5.74) is 0.760. The Morgan fingerprint density at radius 2 is 1.89 bits per heavy atom. The number of carbonyl (C=O) groups excluding carboxylic acids is 3. The van der Waals surface area contributed by atoms with E-state index >= 15 is 0 Å². The molecule has 3 rings (SSSR count). The lowest BCUT2D eigenvalue weighted by molar-refractivity contribution is -0.136. The van der Waals surface area contributed by atoms with Gasteiger partial charge in [0.2, 0.25) is 5.91 Å². The van der Waals surface area contributed by atoms with Crippen LogP contribution in [0.2, 0.25) is 0 Å². The van der Waals surface area contributed by atoms with Crippen LogP contribution in [0.25, 0.3) is 6.08 Å². The van der Waals surface area contributed by atoms with Crippen LogP contribution in [0, 0.1) is 12.3 Å². The molecule has 1 aromatic carbocycles. The van der Waals surface area contributed by atoms with Crippen molar-refractivity contribution < 1.29 is 19.1 Å². The van der Waals surface area contributed by atoms with E-state index in [-0.39, 0.29) is 19.1 Å². The van der Waals surface area contributed by atoms with E-state index < -0.39 is 11.1 Å². The minimum atomic E-state index is -0.428. The molecule has 0 aromatic heterocycles. The van der Waals surface area contributed by atoms with Gasteiger partial charge in [0.1, 0.15) is 18.9 Å². The predicted molar refractivity (Wildman–Crippen MR) is 104 cm³/mol. The molecular weight excluding hydrogens is 364 g/mol. The first-order valence-corrected chi connectivity index (χ1v) is 9.59. The van der Waals surface area contributed by atoms with Gasteiger partial charge in [-0.2, -0.15) is 0 Å². The Morgan fingerprint density at radius 1 is 1.19 bits per heavy atom. The average Bonchev–Trinajstić information content (AvgIpc) is 2.95. The Bertz CT molecular complexity index is 804. The number of benzene rings is 1. The molecule has 0 aliphatic carbocycles. The second-order valence-electron chi connectivity index (χ2n) is 6.27. The third-order valence-electron chi connectivity index (χ3n) is 4.38. The Balaban J connectivity index is 1.65. The van der Waals surface area contributed by atoms with E-state index in [1.54, 1.807) is 35.2 Å². The van der Waals surface area contributed by atoms with Crippen LogP contribution in [0.4, 0.5) is 4.79 Å². The van der Waals surface area contributed by atoms with Crippen LogP contribution in [0.15, 0.2) is 29.2 Å². The monoisotopic (exact) mass is 384 g/mol. The van der Waals surface area contributed by atoms with E-state index in [9.17, 15) is 14.4 Å². The number of nitrogens with zero attached hydrogens (tertiary/aromatic N) is 2. The molecule has 0 N–H and O–H groups in total. The maximum atomic E-state index is 12.5. The summed E-state index contributed by atoms with van der Waals surface area (Å²) >= 11 is 0.853. The number of carbonyl (C=O) groups is 3. The lowest BCUT2D eigenvalue weighted by Gasteiger charge is -2.27. The third kappa shape index (κ3) is 4.72. The molecule has 0 saturated carbocycles. The molecule has 1 aromatic rings. The number of hydrogen-bond acceptors (Lipinski definition) is 5. The molecule has 2 saturated heterocycles. The standard InChI is InChI=1S/C20H20N2O4S/c1-2-12-26-16-8-6-15(7-9-16)13-17-19(24)22(20(25)27-17)14-18(23)21-10-4-3-5-11-21/h1,6-9,13H,3-5,10-12,14H2/b17-13-. The Labute approximate surface area is 162 Å². The number of likely N-dealkylation sites (tertiary alicyclic amines) is 1. The zero-order chi connectivity index (χ0) is 19.2. The number of piperidine rings is 1. The van der Waals surface area contributed by atoms with E-state index in [0.29, 0.717) is 23.7 Å². The maximum Gasteiger partial charge on any atom is 0.294 e. The molecule has 2 heterocycles. The fraction of sp³-hybridized carbons (Fsp3) is 0.350. The number of thioether (sulfide) groups is 1. The SMILES string of the molecule is C#CCOc1ccc(/C=C2\SC(=O)N(CC(=O)N3CCCCC3)C2=O)cc1. The van der Waals surface area contributed by atoms with Crippen LogP contribution < -0.4 is 4.74 Å². The summed E-state index contributed by atoms with van der Waals surface area (Å²) in [6.45, 7) is 1.38. The summed E-state index contributed by atoms with van der Waals surface area (Å²) < 4.78 is 5.30. The van der Waals surface area contributed by atoms with Gasteiger partial charge in [-0.25, -0.2) is 0 Å². The second-order valence-corrected chi connectivity index (χ2v) is 7.26. The summed E-state index contributed by atoms with van der Waals surface area (Å²) in [6.07, 6.45) is 9.84. The summed E-state index contributed by atoms with van der Waals surface area (Å²) in [4.78, 5) is 40.2. The van der Waals surface area contributed by atoms with Crippen molar-refractivity contribution in [3.8, 4) is 18.1 Å². The first-order chi connectivity index (χ1) is 13.1. The number of rotatable bonds is 5. The van der Waals surface area contributed by atoms with Crippen molar-refractivity contribution in [2.24, 2.45) is 0 Å². The van der Waals surface area contributed by atoms with Crippen molar-refractivity contribution in [2.45, 2.75) is 19.3 Å². The van der Waals surface area contributed by atoms with Gasteiger partial charge >= 0.3 is 0 Å². The first kappa shape index (κ1) is 19.1. The first-order valence-electron chi connectivity index (χ1n) is 8.78. The Morgan fingerprint density at radius 3 is 2.56 bits per heavy atom. The molecule has 2 aliphatic rings. The van der Waals surface area contributed by atoms with Crippen molar-refractivity contribution in [1.29, 1.82) is 0 Å². The quantitative estimate of drug-likeness (QED) is 0.577. The summed E-state index contributed by atoms with van der Waals surface area (Å²) in [6, 6.07) is 7.04. The van der Waals surface area contributed by atoms with Gasteiger partial charge in [-0.3, -0.25) is 19.3 Å². The molecule has 7 heteroatoms. The highest BCUT2D eigenvalue weighted by molar-refractivity contribution is 8.18. The van der Waals surface area contributed by atoms with Crippen molar-refractivity contribution in [1.82, 2.24) is 9.80 Å². The summed E-state index contributed by atoms with van der Waals surface area (Å²) in [5.74, 6) is 2.42. The van der Waals surface area contributed by atoms with Crippen molar-refractivity contribution in [3.63, 3.8) is 0 Å². The van der Waals surface area contributed by atoms with Gasteiger partial charge in [-0.05, 0) is 54.8 Å². The second kappa shape index (κ2) is 8.78. The van der Waals surface area contributed by atoms with E-state index in [0.717, 1.165) is 41.5 Å². The van der Waals surface area contributed by atoms with Crippen LogP contribution >= 0.6 is 11.8 Å². The van der Waals surface area contributed by atoms with Crippen LogP contribution in [-0.4, -0.2) is 53.1 Å². The number of terminal acetylenes is 1. The molecule has 2 aliphatic heterocycles. The van der Waals surface area contributed by atoms with E-state index in [4.69, 9.17) is 11.2 Å². The van der Waals surface area contributed by atoms with Crippen LogP contribution in [-0.2, 0) is 9.59 Å². The Hall–Kier alpha value is -2.72. The van der Waals surface area contributed by atoms with E-state index in [1.165, 1.54) is 0 Å². The summed E-state index contributed by atoms with van der Waals surface area (Å²) in [5, 5.41) is -0.411. The molecule has 2 fully saturated rings. The topological polar surface area (TPSA) is 66.9 Å². The minimum absolute atomic E-state index is 0.173. The van der Waals surface area contributed by atoms with E-state index in [2.05, 4.69) is 5.92 Å². The molecule has 3 amide bonds. The largest absolute Gasteiger partial charge is 0.481 e. The smallest absolute Gasteiger partial charge is 0.294 e. The van der Waals surface area contributed by atoms with Crippen LogP contribution in [0.5, 0.6) is 5.75 Å². The number of imide groups is 1. The van der Waals surface area contributed by atoms with E-state index in [1.807, 2.05) is 0 Å². The normalized spacial score (nSPS) is 18.7. The third-order valence-corrected chi connectivity index (χ3v) is 5.28. The average molecular weight is 384 g/mol. The lowest BCUT2D eigenvalue weighted by atomic mass is 10.1. The van der Waals surface area contributed by atoms with Gasteiger partial charge in [0, 0.05) is 13.1 Å². The van der Waals surface area contributed by atoms with Gasteiger partial charge in [0.15, 0.2) is 0 Å².